The zero-order valence-electron chi connectivity index (χ0n) is 10.1. The highest BCUT2D eigenvalue weighted by Gasteiger charge is 2.33. The van der Waals surface area contributed by atoms with Gasteiger partial charge in [0.1, 0.15) is 0 Å². The quantitative estimate of drug-likeness (QED) is 0.751. The summed E-state index contributed by atoms with van der Waals surface area (Å²) in [6.07, 6.45) is 2.41. The van der Waals surface area contributed by atoms with Gasteiger partial charge in [-0.05, 0) is 32.2 Å². The van der Waals surface area contributed by atoms with E-state index in [1.807, 2.05) is 0 Å². The number of aliphatic hydroxyl groups is 1. The Kier molecular flexibility index (Phi) is 4.34. The van der Waals surface area contributed by atoms with Gasteiger partial charge in [0.2, 0.25) is 5.91 Å². The number of carbonyl (C=O) groups is 1. The van der Waals surface area contributed by atoms with Crippen LogP contribution in [0, 0.1) is 5.92 Å². The molecule has 0 aliphatic carbocycles. The maximum Gasteiger partial charge on any atom is 0.239 e. The molecule has 0 bridgehead atoms. The van der Waals surface area contributed by atoms with Gasteiger partial charge in [-0.2, -0.15) is 0 Å². The number of likely N-dealkylation sites (tertiary alicyclic amines) is 1. The molecule has 3 atom stereocenters. The molecule has 0 aromatic rings. The summed E-state index contributed by atoms with van der Waals surface area (Å²) in [5, 5.41) is 12.9. The number of halogens is 1. The van der Waals surface area contributed by atoms with Crippen LogP contribution in [-0.4, -0.2) is 54.4 Å². The topological polar surface area (TPSA) is 52.6 Å². The molecule has 0 radical (unpaired) electrons. The molecule has 17 heavy (non-hydrogen) atoms. The summed E-state index contributed by atoms with van der Waals surface area (Å²) in [4.78, 5) is 13.9. The van der Waals surface area contributed by atoms with E-state index in [-0.39, 0.29) is 17.9 Å². The third-order valence-corrected chi connectivity index (χ3v) is 3.84. The minimum absolute atomic E-state index is 0.0590. The zero-order valence-corrected chi connectivity index (χ0v) is 10.1. The molecule has 2 rings (SSSR count). The molecule has 0 aromatic carbocycles. The zero-order chi connectivity index (χ0) is 12.3. The predicted molar refractivity (Wildman–Crippen MR) is 62.3 cm³/mol. The summed E-state index contributed by atoms with van der Waals surface area (Å²) in [5.41, 5.74) is 0. The average molecular weight is 244 g/mol. The van der Waals surface area contributed by atoms with Gasteiger partial charge in [0, 0.05) is 19.0 Å². The fourth-order valence-corrected chi connectivity index (χ4v) is 2.76. The summed E-state index contributed by atoms with van der Waals surface area (Å²) in [6, 6.07) is -0.0590. The van der Waals surface area contributed by atoms with Crippen molar-refractivity contribution < 1.29 is 14.3 Å². The van der Waals surface area contributed by atoms with Gasteiger partial charge < -0.3 is 15.3 Å². The van der Waals surface area contributed by atoms with Crippen molar-refractivity contribution in [3.8, 4) is 0 Å². The number of carbonyl (C=O) groups excluding carboxylic acids is 1. The monoisotopic (exact) mass is 244 g/mol. The maximum atomic E-state index is 12.4. The molecule has 2 aliphatic heterocycles. The first-order valence-electron chi connectivity index (χ1n) is 6.48. The van der Waals surface area contributed by atoms with Crippen LogP contribution < -0.4 is 5.32 Å². The summed E-state index contributed by atoms with van der Waals surface area (Å²) < 4.78 is 12.4. The predicted octanol–water partition coefficient (Wildman–Crippen LogP) is 0.307. The van der Waals surface area contributed by atoms with E-state index < -0.39 is 12.8 Å². The SMILES string of the molecule is O=C([C@@H]1CCCN1)N1CC[C@@H](O)[C@@H](CCF)C1. The molecule has 2 heterocycles. The van der Waals surface area contributed by atoms with Gasteiger partial charge in [0.25, 0.3) is 0 Å². The second kappa shape index (κ2) is 5.78. The lowest BCUT2D eigenvalue weighted by Gasteiger charge is -2.37. The highest BCUT2D eigenvalue weighted by Crippen LogP contribution is 2.22. The first-order chi connectivity index (χ1) is 8.22. The van der Waals surface area contributed by atoms with Gasteiger partial charge in [0.15, 0.2) is 0 Å². The standard InChI is InChI=1S/C12H21FN2O2/c13-5-3-9-8-15(7-4-11(9)16)12(17)10-2-1-6-14-10/h9-11,14,16H,1-8H2/t9-,10-,11+/m0/s1. The Morgan fingerprint density at radius 3 is 2.94 bits per heavy atom. The molecule has 2 aliphatic rings. The molecule has 98 valence electrons. The molecule has 0 spiro atoms. The largest absolute Gasteiger partial charge is 0.393 e. The highest BCUT2D eigenvalue weighted by molar-refractivity contribution is 5.82. The molecule has 5 heteroatoms. The molecule has 0 aromatic heterocycles. The Hall–Kier alpha value is -0.680. The van der Waals surface area contributed by atoms with E-state index in [2.05, 4.69) is 5.32 Å². The lowest BCUT2D eigenvalue weighted by atomic mass is 9.91. The molecule has 1 amide bonds. The Bertz CT molecular complexity index is 269. The van der Waals surface area contributed by atoms with Crippen molar-refractivity contribution in [3.63, 3.8) is 0 Å². The molecule has 4 nitrogen and oxygen atoms in total. The van der Waals surface area contributed by atoms with Gasteiger partial charge >= 0.3 is 0 Å². The number of aliphatic hydroxyl groups excluding tert-OH is 1. The number of piperidine rings is 1. The van der Waals surface area contributed by atoms with Gasteiger partial charge in [-0.25, -0.2) is 0 Å². The van der Waals surface area contributed by atoms with Crippen molar-refractivity contribution in [2.75, 3.05) is 26.3 Å². The Morgan fingerprint density at radius 2 is 2.29 bits per heavy atom. The number of hydrogen-bond acceptors (Lipinski definition) is 3. The fraction of sp³-hybridized carbons (Fsp3) is 0.917. The molecule has 2 saturated heterocycles. The molecule has 2 fully saturated rings. The van der Waals surface area contributed by atoms with E-state index >= 15 is 0 Å². The van der Waals surface area contributed by atoms with Crippen LogP contribution in [0.2, 0.25) is 0 Å². The van der Waals surface area contributed by atoms with Crippen molar-refractivity contribution >= 4 is 5.91 Å². The number of nitrogens with zero attached hydrogens (tertiary/aromatic N) is 1. The summed E-state index contributed by atoms with van der Waals surface area (Å²) in [7, 11) is 0. The van der Waals surface area contributed by atoms with E-state index in [4.69, 9.17) is 0 Å². The molecule has 0 unspecified atom stereocenters. The number of alkyl halides is 1. The smallest absolute Gasteiger partial charge is 0.239 e. The fourth-order valence-electron chi connectivity index (χ4n) is 2.76. The number of nitrogens with one attached hydrogen (secondary N) is 1. The second-order valence-corrected chi connectivity index (χ2v) is 5.03. The number of amides is 1. The first kappa shape index (κ1) is 12.8. The van der Waals surface area contributed by atoms with Crippen molar-refractivity contribution in [3.05, 3.63) is 0 Å². The van der Waals surface area contributed by atoms with Gasteiger partial charge in [-0.1, -0.05) is 0 Å². The molecular formula is C12H21FN2O2. The summed E-state index contributed by atoms with van der Waals surface area (Å²) >= 11 is 0. The number of rotatable bonds is 3. The highest BCUT2D eigenvalue weighted by atomic mass is 19.1. The van der Waals surface area contributed by atoms with Crippen LogP contribution in [-0.2, 0) is 4.79 Å². The summed E-state index contributed by atoms with van der Waals surface area (Å²) in [5.74, 6) is 0.0253. The maximum absolute atomic E-state index is 12.4. The van der Waals surface area contributed by atoms with Gasteiger partial charge in [-0.15, -0.1) is 0 Å². The number of hydrogen-bond donors (Lipinski definition) is 2. The van der Waals surface area contributed by atoms with Crippen LogP contribution >= 0.6 is 0 Å². The molecule has 0 saturated carbocycles. The van der Waals surface area contributed by atoms with Crippen LogP contribution in [0.1, 0.15) is 25.7 Å². The van der Waals surface area contributed by atoms with Crippen LogP contribution in [0.3, 0.4) is 0 Å². The van der Waals surface area contributed by atoms with Crippen molar-refractivity contribution in [2.45, 2.75) is 37.8 Å². The average Bonchev–Trinajstić information content (AvgIpc) is 2.85. The summed E-state index contributed by atoms with van der Waals surface area (Å²) in [6.45, 7) is 1.58. The molecule has 2 N–H and O–H groups in total. The van der Waals surface area contributed by atoms with E-state index in [1.165, 1.54) is 0 Å². The van der Waals surface area contributed by atoms with Crippen LogP contribution in [0.15, 0.2) is 0 Å². The van der Waals surface area contributed by atoms with E-state index in [9.17, 15) is 14.3 Å². The Labute approximate surface area is 101 Å². The van der Waals surface area contributed by atoms with Crippen LogP contribution in [0.25, 0.3) is 0 Å². The van der Waals surface area contributed by atoms with Crippen LogP contribution in [0.4, 0.5) is 4.39 Å². The second-order valence-electron chi connectivity index (χ2n) is 5.03. The van der Waals surface area contributed by atoms with Crippen LogP contribution in [0.5, 0.6) is 0 Å². The van der Waals surface area contributed by atoms with E-state index in [0.29, 0.717) is 25.9 Å². The van der Waals surface area contributed by atoms with Crippen molar-refractivity contribution in [1.29, 1.82) is 0 Å². The Balaban J connectivity index is 1.90. The minimum Gasteiger partial charge on any atom is -0.393 e. The van der Waals surface area contributed by atoms with Crippen molar-refractivity contribution in [1.82, 2.24) is 10.2 Å². The van der Waals surface area contributed by atoms with Gasteiger partial charge in [0.05, 0.1) is 18.8 Å². The minimum atomic E-state index is -0.452. The lowest BCUT2D eigenvalue weighted by Crippen LogP contribution is -2.51. The third kappa shape index (κ3) is 2.96. The normalized spacial score (nSPS) is 34.0. The Morgan fingerprint density at radius 1 is 1.47 bits per heavy atom. The molecular weight excluding hydrogens is 223 g/mol. The van der Waals surface area contributed by atoms with E-state index in [1.54, 1.807) is 4.90 Å². The third-order valence-electron chi connectivity index (χ3n) is 3.84. The lowest BCUT2D eigenvalue weighted by molar-refractivity contribution is -0.137. The van der Waals surface area contributed by atoms with Gasteiger partial charge in [-0.3, -0.25) is 9.18 Å². The van der Waals surface area contributed by atoms with E-state index in [0.717, 1.165) is 19.4 Å². The van der Waals surface area contributed by atoms with Crippen molar-refractivity contribution in [2.24, 2.45) is 5.92 Å². The first-order valence-corrected chi connectivity index (χ1v) is 6.48.